The molecule has 0 unspecified atom stereocenters. The van der Waals surface area contributed by atoms with Gasteiger partial charge in [-0.05, 0) is 18.6 Å². The quantitative estimate of drug-likeness (QED) is 0.858. The van der Waals surface area contributed by atoms with E-state index in [0.29, 0.717) is 10.6 Å². The maximum Gasteiger partial charge on any atom is 0.139 e. The van der Waals surface area contributed by atoms with Crippen LogP contribution < -0.4 is 5.32 Å². The molecule has 0 aliphatic carbocycles. The second-order valence-electron chi connectivity index (χ2n) is 5.08. The minimum atomic E-state index is -0.181. The van der Waals surface area contributed by atoms with E-state index < -0.39 is 0 Å². The van der Waals surface area contributed by atoms with E-state index >= 15 is 0 Å². The van der Waals surface area contributed by atoms with Crippen LogP contribution in [0, 0.1) is 5.82 Å². The monoisotopic (exact) mass is 303 g/mol. The van der Waals surface area contributed by atoms with Gasteiger partial charge in [0.05, 0.1) is 11.4 Å². The van der Waals surface area contributed by atoms with Crippen LogP contribution in [-0.2, 0) is 25.3 Å². The fourth-order valence-corrected chi connectivity index (χ4v) is 3.30. The van der Waals surface area contributed by atoms with Gasteiger partial charge in [0.2, 0.25) is 0 Å². The smallest absolute Gasteiger partial charge is 0.139 e. The SMILES string of the molecule is CCCc1nc(CSc2ccccc2F)nc2c1CNC2. The lowest BCUT2D eigenvalue weighted by Crippen LogP contribution is -2.05. The molecule has 3 rings (SSSR count). The second kappa shape index (κ2) is 6.54. The number of hydrogen-bond acceptors (Lipinski definition) is 4. The first-order valence-corrected chi connectivity index (χ1v) is 8.22. The Hall–Kier alpha value is -1.46. The Labute approximate surface area is 128 Å². The van der Waals surface area contributed by atoms with Crippen LogP contribution in [0.4, 0.5) is 4.39 Å². The maximum absolute atomic E-state index is 13.6. The topological polar surface area (TPSA) is 37.8 Å². The zero-order chi connectivity index (χ0) is 14.7. The maximum atomic E-state index is 13.6. The van der Waals surface area contributed by atoms with Gasteiger partial charge in [-0.3, -0.25) is 0 Å². The molecule has 1 aromatic carbocycles. The average molecular weight is 303 g/mol. The Balaban J connectivity index is 1.80. The Morgan fingerprint density at radius 1 is 1.24 bits per heavy atom. The molecular weight excluding hydrogens is 285 g/mol. The van der Waals surface area contributed by atoms with Gasteiger partial charge in [0.15, 0.2) is 0 Å². The third-order valence-electron chi connectivity index (χ3n) is 3.50. The van der Waals surface area contributed by atoms with Crippen molar-refractivity contribution in [3.05, 3.63) is 52.9 Å². The minimum Gasteiger partial charge on any atom is -0.307 e. The van der Waals surface area contributed by atoms with Gasteiger partial charge in [0.1, 0.15) is 11.6 Å². The van der Waals surface area contributed by atoms with Crippen molar-refractivity contribution in [1.29, 1.82) is 0 Å². The van der Waals surface area contributed by atoms with Crippen LogP contribution in [0.25, 0.3) is 0 Å². The predicted octanol–water partition coefficient (Wildman–Crippen LogP) is 3.46. The third kappa shape index (κ3) is 3.24. The summed E-state index contributed by atoms with van der Waals surface area (Å²) >= 11 is 1.45. The first-order valence-electron chi connectivity index (χ1n) is 7.23. The molecule has 0 atom stereocenters. The van der Waals surface area contributed by atoms with E-state index in [1.165, 1.54) is 23.4 Å². The first-order chi connectivity index (χ1) is 10.3. The number of aryl methyl sites for hydroxylation is 1. The molecule has 1 N–H and O–H groups in total. The standard InChI is InChI=1S/C16H18FN3S/c1-2-5-13-11-8-18-9-14(11)20-16(19-13)10-21-15-7-4-3-6-12(15)17/h3-4,6-7,18H,2,5,8-10H2,1H3. The lowest BCUT2D eigenvalue weighted by molar-refractivity contribution is 0.602. The number of aromatic nitrogens is 2. The first kappa shape index (κ1) is 14.5. The molecule has 21 heavy (non-hydrogen) atoms. The van der Waals surface area contributed by atoms with Crippen LogP contribution in [0.5, 0.6) is 0 Å². The number of nitrogens with one attached hydrogen (secondary N) is 1. The molecule has 0 fully saturated rings. The molecule has 5 heteroatoms. The summed E-state index contributed by atoms with van der Waals surface area (Å²) in [5.41, 5.74) is 3.52. The van der Waals surface area contributed by atoms with Gasteiger partial charge in [-0.2, -0.15) is 0 Å². The summed E-state index contributed by atoms with van der Waals surface area (Å²) in [6.45, 7) is 3.84. The van der Waals surface area contributed by atoms with Gasteiger partial charge in [0.25, 0.3) is 0 Å². The molecule has 1 aliphatic heterocycles. The van der Waals surface area contributed by atoms with Gasteiger partial charge >= 0.3 is 0 Å². The van der Waals surface area contributed by atoms with E-state index in [9.17, 15) is 4.39 Å². The fraction of sp³-hybridized carbons (Fsp3) is 0.375. The van der Waals surface area contributed by atoms with Crippen molar-refractivity contribution in [3.63, 3.8) is 0 Å². The van der Waals surface area contributed by atoms with Crippen LogP contribution in [0.1, 0.15) is 36.1 Å². The van der Waals surface area contributed by atoms with Crippen molar-refractivity contribution in [2.75, 3.05) is 0 Å². The number of benzene rings is 1. The molecule has 0 saturated carbocycles. The molecule has 110 valence electrons. The summed E-state index contributed by atoms with van der Waals surface area (Å²) < 4.78 is 13.6. The normalized spacial score (nSPS) is 13.4. The highest BCUT2D eigenvalue weighted by molar-refractivity contribution is 7.98. The zero-order valence-corrected chi connectivity index (χ0v) is 12.8. The van der Waals surface area contributed by atoms with Gasteiger partial charge in [-0.1, -0.05) is 25.5 Å². The molecule has 2 heterocycles. The minimum absolute atomic E-state index is 0.181. The second-order valence-corrected chi connectivity index (χ2v) is 6.10. The number of thioether (sulfide) groups is 1. The largest absolute Gasteiger partial charge is 0.307 e. The average Bonchev–Trinajstić information content (AvgIpc) is 2.95. The van der Waals surface area contributed by atoms with Crippen LogP contribution in [0.3, 0.4) is 0 Å². The van der Waals surface area contributed by atoms with Gasteiger partial charge in [-0.25, -0.2) is 14.4 Å². The Morgan fingerprint density at radius 3 is 2.90 bits per heavy atom. The van der Waals surface area contributed by atoms with Crippen LogP contribution in [0.2, 0.25) is 0 Å². The molecular formula is C16H18FN3S. The molecule has 1 aliphatic rings. The highest BCUT2D eigenvalue weighted by Crippen LogP contribution is 2.26. The number of nitrogens with zero attached hydrogens (tertiary/aromatic N) is 2. The third-order valence-corrected chi connectivity index (χ3v) is 4.54. The summed E-state index contributed by atoms with van der Waals surface area (Å²) in [7, 11) is 0. The van der Waals surface area contributed by atoms with Crippen molar-refractivity contribution in [2.45, 2.75) is 43.5 Å². The molecule has 2 aromatic rings. The number of halogens is 1. The van der Waals surface area contributed by atoms with Crippen LogP contribution in [-0.4, -0.2) is 9.97 Å². The van der Waals surface area contributed by atoms with Crippen molar-refractivity contribution in [3.8, 4) is 0 Å². The number of hydrogen-bond donors (Lipinski definition) is 1. The summed E-state index contributed by atoms with van der Waals surface area (Å²) in [4.78, 5) is 9.96. The van der Waals surface area contributed by atoms with Crippen molar-refractivity contribution < 1.29 is 4.39 Å². The summed E-state index contributed by atoms with van der Waals surface area (Å²) in [6, 6.07) is 6.83. The molecule has 3 nitrogen and oxygen atoms in total. The molecule has 0 radical (unpaired) electrons. The molecule has 0 bridgehead atoms. The van der Waals surface area contributed by atoms with E-state index in [-0.39, 0.29) is 5.82 Å². The van der Waals surface area contributed by atoms with Gasteiger partial charge in [-0.15, -0.1) is 11.8 Å². The molecule has 0 amide bonds. The highest BCUT2D eigenvalue weighted by atomic mass is 32.2. The lowest BCUT2D eigenvalue weighted by atomic mass is 10.1. The van der Waals surface area contributed by atoms with E-state index in [0.717, 1.165) is 43.1 Å². The Morgan fingerprint density at radius 2 is 2.10 bits per heavy atom. The van der Waals surface area contributed by atoms with E-state index in [1.54, 1.807) is 12.1 Å². The Bertz CT molecular complexity index is 645. The van der Waals surface area contributed by atoms with Crippen LogP contribution >= 0.6 is 11.8 Å². The van der Waals surface area contributed by atoms with Crippen molar-refractivity contribution >= 4 is 11.8 Å². The number of rotatable bonds is 5. The fourth-order valence-electron chi connectivity index (χ4n) is 2.51. The summed E-state index contributed by atoms with van der Waals surface area (Å²) in [5, 5.41) is 3.33. The van der Waals surface area contributed by atoms with Gasteiger partial charge < -0.3 is 5.32 Å². The number of fused-ring (bicyclic) bond motifs is 1. The molecule has 0 spiro atoms. The zero-order valence-electron chi connectivity index (χ0n) is 12.0. The van der Waals surface area contributed by atoms with E-state index in [2.05, 4.69) is 22.2 Å². The summed E-state index contributed by atoms with van der Waals surface area (Å²) in [6.07, 6.45) is 2.05. The lowest BCUT2D eigenvalue weighted by Gasteiger charge is -2.09. The van der Waals surface area contributed by atoms with Crippen LogP contribution in [0.15, 0.2) is 29.2 Å². The molecule has 0 saturated heterocycles. The van der Waals surface area contributed by atoms with Gasteiger partial charge in [0, 0.05) is 29.2 Å². The summed E-state index contributed by atoms with van der Waals surface area (Å²) in [5.74, 6) is 1.22. The van der Waals surface area contributed by atoms with E-state index in [1.807, 2.05) is 6.07 Å². The van der Waals surface area contributed by atoms with Crippen molar-refractivity contribution in [1.82, 2.24) is 15.3 Å². The van der Waals surface area contributed by atoms with E-state index in [4.69, 9.17) is 0 Å². The van der Waals surface area contributed by atoms with Crippen molar-refractivity contribution in [2.24, 2.45) is 0 Å². The highest BCUT2D eigenvalue weighted by Gasteiger charge is 2.18. The molecule has 1 aromatic heterocycles. The Kier molecular flexibility index (Phi) is 4.51. The predicted molar refractivity (Wildman–Crippen MR) is 82.5 cm³/mol.